The summed E-state index contributed by atoms with van der Waals surface area (Å²) in [5.41, 5.74) is 2.51. The van der Waals surface area contributed by atoms with E-state index in [4.69, 9.17) is 0 Å². The number of hydrogen-bond donors (Lipinski definition) is 1. The minimum Gasteiger partial charge on any atom is -0.367 e. The van der Waals surface area contributed by atoms with E-state index < -0.39 is 0 Å². The van der Waals surface area contributed by atoms with Gasteiger partial charge in [-0.1, -0.05) is 0 Å². The molecule has 1 aliphatic rings. The average molecular weight is 346 g/mol. The van der Waals surface area contributed by atoms with Crippen molar-refractivity contribution in [3.05, 3.63) is 59.4 Å². The highest BCUT2D eigenvalue weighted by atomic mass is 16.1. The van der Waals surface area contributed by atoms with Crippen LogP contribution >= 0.6 is 0 Å². The Hall–Kier alpha value is -3.22. The minimum atomic E-state index is -0.00273. The van der Waals surface area contributed by atoms with Crippen LogP contribution in [0, 0.1) is 0 Å². The third kappa shape index (κ3) is 2.28. The molecule has 0 aliphatic heterocycles. The molecule has 0 aromatic carbocycles. The molecule has 1 N–H and O–H groups in total. The number of imidazole rings is 1. The molecular formula is C19H18N6O. The summed E-state index contributed by atoms with van der Waals surface area (Å²) in [5, 5.41) is 4.54. The van der Waals surface area contributed by atoms with Gasteiger partial charge in [-0.3, -0.25) is 14.1 Å². The Morgan fingerprint density at radius 3 is 2.92 bits per heavy atom. The molecule has 4 aromatic heterocycles. The van der Waals surface area contributed by atoms with Gasteiger partial charge in [-0.05, 0) is 43.2 Å². The van der Waals surface area contributed by atoms with Crippen molar-refractivity contribution in [3.63, 3.8) is 0 Å². The first-order valence-corrected chi connectivity index (χ1v) is 8.70. The standard InChI is InChI=1S/C19H18N6O/c1-24-16-3-2-7-21-18(16)25(19(24)26)14-9-13(10-14)22-17-5-4-12-6-8-20-11-15(12)23-17/h2-8,11,13-14H,9-10H2,1H3,(H,22,23)/t13-,14-. The third-order valence-corrected chi connectivity index (χ3v) is 5.17. The molecule has 1 fully saturated rings. The summed E-state index contributed by atoms with van der Waals surface area (Å²) in [6, 6.07) is 10.2. The highest BCUT2D eigenvalue weighted by Crippen LogP contribution is 2.35. The molecule has 130 valence electrons. The molecule has 7 heteroatoms. The van der Waals surface area contributed by atoms with Gasteiger partial charge in [0.25, 0.3) is 0 Å². The Bertz CT molecular complexity index is 1170. The van der Waals surface area contributed by atoms with Gasteiger partial charge in [0.15, 0.2) is 5.65 Å². The molecular weight excluding hydrogens is 328 g/mol. The quantitative estimate of drug-likeness (QED) is 0.617. The smallest absolute Gasteiger partial charge is 0.330 e. The molecule has 0 unspecified atom stereocenters. The lowest BCUT2D eigenvalue weighted by Gasteiger charge is -2.36. The lowest BCUT2D eigenvalue weighted by molar-refractivity contribution is 0.280. The molecule has 5 rings (SSSR count). The van der Waals surface area contributed by atoms with Crippen molar-refractivity contribution < 1.29 is 0 Å². The van der Waals surface area contributed by atoms with E-state index >= 15 is 0 Å². The van der Waals surface area contributed by atoms with Crippen molar-refractivity contribution in [3.8, 4) is 0 Å². The van der Waals surface area contributed by atoms with Crippen LogP contribution in [0.4, 0.5) is 5.82 Å². The minimum absolute atomic E-state index is 0.00273. The Labute approximate surface area is 149 Å². The second kappa shape index (κ2) is 5.66. The molecule has 1 saturated carbocycles. The number of nitrogens with zero attached hydrogens (tertiary/aromatic N) is 5. The van der Waals surface area contributed by atoms with E-state index in [9.17, 15) is 4.79 Å². The maximum absolute atomic E-state index is 12.6. The number of rotatable bonds is 3. The van der Waals surface area contributed by atoms with Gasteiger partial charge >= 0.3 is 5.69 Å². The maximum Gasteiger partial charge on any atom is 0.330 e. The van der Waals surface area contributed by atoms with Crippen LogP contribution < -0.4 is 11.0 Å². The lowest BCUT2D eigenvalue weighted by Crippen LogP contribution is -2.41. The molecule has 4 heterocycles. The van der Waals surface area contributed by atoms with Gasteiger partial charge in [0.05, 0.1) is 17.2 Å². The summed E-state index contributed by atoms with van der Waals surface area (Å²) in [7, 11) is 1.80. The summed E-state index contributed by atoms with van der Waals surface area (Å²) in [6.07, 6.45) is 7.03. The molecule has 1 aliphatic carbocycles. The Morgan fingerprint density at radius 2 is 2.04 bits per heavy atom. The Morgan fingerprint density at radius 1 is 1.15 bits per heavy atom. The summed E-state index contributed by atoms with van der Waals surface area (Å²) >= 11 is 0. The fourth-order valence-corrected chi connectivity index (χ4v) is 3.69. The number of hydrogen-bond acceptors (Lipinski definition) is 5. The van der Waals surface area contributed by atoms with Gasteiger partial charge in [-0.25, -0.2) is 14.8 Å². The van der Waals surface area contributed by atoms with Crippen molar-refractivity contribution in [1.29, 1.82) is 0 Å². The molecule has 0 saturated heterocycles. The second-order valence-corrected chi connectivity index (χ2v) is 6.79. The molecule has 4 aromatic rings. The van der Waals surface area contributed by atoms with Crippen LogP contribution in [-0.4, -0.2) is 30.1 Å². The van der Waals surface area contributed by atoms with Gasteiger partial charge in [0.2, 0.25) is 0 Å². The van der Waals surface area contributed by atoms with Crippen LogP contribution in [0.2, 0.25) is 0 Å². The van der Waals surface area contributed by atoms with E-state index in [-0.39, 0.29) is 11.7 Å². The second-order valence-electron chi connectivity index (χ2n) is 6.79. The van der Waals surface area contributed by atoms with E-state index in [1.807, 2.05) is 34.9 Å². The van der Waals surface area contributed by atoms with Crippen LogP contribution in [-0.2, 0) is 7.05 Å². The highest BCUT2D eigenvalue weighted by Gasteiger charge is 2.33. The Kier molecular flexibility index (Phi) is 3.28. The number of pyridine rings is 3. The predicted molar refractivity (Wildman–Crippen MR) is 100 cm³/mol. The average Bonchev–Trinajstić information content (AvgIpc) is 2.89. The first-order chi connectivity index (χ1) is 12.7. The van der Waals surface area contributed by atoms with Crippen molar-refractivity contribution in [1.82, 2.24) is 24.1 Å². The van der Waals surface area contributed by atoms with E-state index in [2.05, 4.69) is 20.3 Å². The van der Waals surface area contributed by atoms with E-state index in [1.54, 1.807) is 30.2 Å². The number of anilines is 1. The summed E-state index contributed by atoms with van der Waals surface area (Å²) in [4.78, 5) is 25.7. The van der Waals surface area contributed by atoms with Crippen molar-refractivity contribution >= 4 is 27.9 Å². The van der Waals surface area contributed by atoms with Crippen LogP contribution in [0.25, 0.3) is 22.1 Å². The van der Waals surface area contributed by atoms with Gasteiger partial charge in [-0.2, -0.15) is 0 Å². The van der Waals surface area contributed by atoms with E-state index in [0.29, 0.717) is 6.04 Å². The predicted octanol–water partition coefficient (Wildman–Crippen LogP) is 2.49. The van der Waals surface area contributed by atoms with Crippen molar-refractivity contribution in [2.24, 2.45) is 7.05 Å². The highest BCUT2D eigenvalue weighted by molar-refractivity contribution is 5.79. The topological polar surface area (TPSA) is 77.6 Å². The first kappa shape index (κ1) is 15.1. The lowest BCUT2D eigenvalue weighted by atomic mass is 9.86. The van der Waals surface area contributed by atoms with Crippen LogP contribution in [0.1, 0.15) is 18.9 Å². The molecule has 0 spiro atoms. The monoisotopic (exact) mass is 346 g/mol. The van der Waals surface area contributed by atoms with E-state index in [0.717, 1.165) is 40.7 Å². The third-order valence-electron chi connectivity index (χ3n) is 5.17. The van der Waals surface area contributed by atoms with Gasteiger partial charge in [-0.15, -0.1) is 0 Å². The maximum atomic E-state index is 12.6. The number of aryl methyl sites for hydroxylation is 1. The van der Waals surface area contributed by atoms with Gasteiger partial charge < -0.3 is 5.32 Å². The zero-order chi connectivity index (χ0) is 17.7. The zero-order valence-corrected chi connectivity index (χ0v) is 14.3. The Balaban J connectivity index is 1.36. The SMILES string of the molecule is Cn1c(=O)n([C@H]2C[C@H](Nc3ccc4ccncc4n3)C2)c2ncccc21. The zero-order valence-electron chi connectivity index (χ0n) is 14.3. The normalized spacial score (nSPS) is 19.6. The molecule has 0 bridgehead atoms. The fraction of sp³-hybridized carbons (Fsp3) is 0.263. The molecule has 7 nitrogen and oxygen atoms in total. The molecule has 26 heavy (non-hydrogen) atoms. The number of fused-ring (bicyclic) bond motifs is 2. The van der Waals surface area contributed by atoms with Crippen molar-refractivity contribution in [2.45, 2.75) is 24.9 Å². The van der Waals surface area contributed by atoms with Crippen LogP contribution in [0.5, 0.6) is 0 Å². The van der Waals surface area contributed by atoms with Crippen molar-refractivity contribution in [2.75, 3.05) is 5.32 Å². The van der Waals surface area contributed by atoms with Gasteiger partial charge in [0, 0.05) is 36.9 Å². The largest absolute Gasteiger partial charge is 0.367 e. The summed E-state index contributed by atoms with van der Waals surface area (Å²) < 4.78 is 3.49. The van der Waals surface area contributed by atoms with Crippen LogP contribution in [0.15, 0.2) is 53.7 Å². The fourth-order valence-electron chi connectivity index (χ4n) is 3.69. The van der Waals surface area contributed by atoms with Crippen LogP contribution in [0.3, 0.4) is 0 Å². The summed E-state index contributed by atoms with van der Waals surface area (Å²) in [5.74, 6) is 0.845. The number of nitrogens with one attached hydrogen (secondary N) is 1. The first-order valence-electron chi connectivity index (χ1n) is 8.70. The molecule has 0 amide bonds. The van der Waals surface area contributed by atoms with E-state index in [1.165, 1.54) is 0 Å². The molecule has 0 radical (unpaired) electrons. The molecule has 0 atom stereocenters. The van der Waals surface area contributed by atoms with Gasteiger partial charge in [0.1, 0.15) is 5.82 Å². The summed E-state index contributed by atoms with van der Waals surface area (Å²) in [6.45, 7) is 0. The number of aromatic nitrogens is 5.